The third kappa shape index (κ3) is 0.756. The summed E-state index contributed by atoms with van der Waals surface area (Å²) >= 11 is 0. The predicted molar refractivity (Wildman–Crippen MR) is 45.3 cm³/mol. The van der Waals surface area contributed by atoms with Crippen LogP contribution in [-0.2, 0) is 11.2 Å². The average Bonchev–Trinajstić information content (AvgIpc) is 2.65. The Morgan fingerprint density at radius 2 is 2.62 bits per heavy atom. The van der Waals surface area contributed by atoms with Crippen molar-refractivity contribution >= 4 is 17.9 Å². The van der Waals surface area contributed by atoms with Crippen molar-refractivity contribution in [3.05, 3.63) is 18.1 Å². The van der Waals surface area contributed by atoms with Crippen LogP contribution < -0.4 is 10.3 Å². The summed E-state index contributed by atoms with van der Waals surface area (Å²) in [7, 11) is 0. The third-order valence-corrected chi connectivity index (χ3v) is 2.37. The largest absolute Gasteiger partial charge is 0.467 e. The van der Waals surface area contributed by atoms with Crippen LogP contribution in [-0.4, -0.2) is 18.3 Å². The van der Waals surface area contributed by atoms with E-state index >= 15 is 0 Å². The number of hydrogen-bond donors (Lipinski definition) is 1. The minimum Gasteiger partial charge on any atom is -0.467 e. The molecule has 1 unspecified atom stereocenters. The zero-order valence-electron chi connectivity index (χ0n) is 6.73. The molecule has 0 aliphatic carbocycles. The van der Waals surface area contributed by atoms with Crippen LogP contribution in [0.4, 0.5) is 5.69 Å². The molecule has 5 heteroatoms. The number of hydrogen-bond acceptors (Lipinski definition) is 4. The van der Waals surface area contributed by atoms with Gasteiger partial charge in [-0.2, -0.15) is 5.10 Å². The number of amides is 1. The molecule has 1 aromatic rings. The second kappa shape index (κ2) is 2.12. The van der Waals surface area contributed by atoms with E-state index in [1.165, 1.54) is 0 Å². The Morgan fingerprint density at radius 1 is 1.69 bits per heavy atom. The zero-order valence-corrected chi connectivity index (χ0v) is 6.73. The molecule has 3 heterocycles. The molecule has 0 fully saturated rings. The maximum absolute atomic E-state index is 11.3. The van der Waals surface area contributed by atoms with Crippen molar-refractivity contribution in [2.45, 2.75) is 12.5 Å². The Balaban J connectivity index is 2.10. The van der Waals surface area contributed by atoms with Gasteiger partial charge in [0.1, 0.15) is 18.1 Å². The van der Waals surface area contributed by atoms with Gasteiger partial charge in [0.05, 0.1) is 12.0 Å². The second-order valence-corrected chi connectivity index (χ2v) is 3.08. The molecular formula is C8H7N3O2. The Hall–Kier alpha value is -1.78. The molecule has 5 nitrogen and oxygen atoms in total. The van der Waals surface area contributed by atoms with E-state index in [-0.39, 0.29) is 11.9 Å². The summed E-state index contributed by atoms with van der Waals surface area (Å²) < 4.78 is 5.23. The maximum atomic E-state index is 11.3. The van der Waals surface area contributed by atoms with E-state index in [0.29, 0.717) is 6.42 Å². The summed E-state index contributed by atoms with van der Waals surface area (Å²) in [4.78, 5) is 13.2. The molecular weight excluding hydrogens is 170 g/mol. The van der Waals surface area contributed by atoms with Crippen molar-refractivity contribution < 1.29 is 9.21 Å². The van der Waals surface area contributed by atoms with E-state index in [1.54, 1.807) is 12.6 Å². The highest BCUT2D eigenvalue weighted by atomic mass is 16.3. The summed E-state index contributed by atoms with van der Waals surface area (Å²) in [5.74, 6) is 0.780. The quantitative estimate of drug-likeness (QED) is 0.610. The standard InChI is InChI=1S/C8H7N3O2/c12-8-6-3-7-5(1-2-13-7)11(6)4-9-10-8/h1-2,4,6H,3H2,(H,10,12). The van der Waals surface area contributed by atoms with Crippen LogP contribution in [0.25, 0.3) is 0 Å². The lowest BCUT2D eigenvalue weighted by Gasteiger charge is -2.23. The molecule has 0 aromatic carbocycles. The van der Waals surface area contributed by atoms with Crippen LogP contribution >= 0.6 is 0 Å². The molecule has 0 saturated carbocycles. The smallest absolute Gasteiger partial charge is 0.263 e. The highest BCUT2D eigenvalue weighted by Gasteiger charge is 2.37. The zero-order chi connectivity index (χ0) is 8.84. The van der Waals surface area contributed by atoms with Crippen LogP contribution in [0.1, 0.15) is 5.76 Å². The van der Waals surface area contributed by atoms with Crippen molar-refractivity contribution in [2.75, 3.05) is 4.90 Å². The molecule has 1 amide bonds. The second-order valence-electron chi connectivity index (χ2n) is 3.08. The number of fused-ring (bicyclic) bond motifs is 3. The first-order valence-electron chi connectivity index (χ1n) is 4.04. The van der Waals surface area contributed by atoms with E-state index in [4.69, 9.17) is 4.42 Å². The SMILES string of the molecule is O=C1NN=CN2c3ccoc3CC12. The number of nitrogens with one attached hydrogen (secondary N) is 1. The first-order valence-corrected chi connectivity index (χ1v) is 4.04. The molecule has 0 radical (unpaired) electrons. The monoisotopic (exact) mass is 177 g/mol. The van der Waals surface area contributed by atoms with Crippen molar-refractivity contribution in [1.29, 1.82) is 0 Å². The van der Waals surface area contributed by atoms with Gasteiger partial charge < -0.3 is 9.32 Å². The van der Waals surface area contributed by atoms with E-state index in [0.717, 1.165) is 11.4 Å². The molecule has 13 heavy (non-hydrogen) atoms. The molecule has 0 saturated heterocycles. The van der Waals surface area contributed by atoms with Gasteiger partial charge >= 0.3 is 0 Å². The van der Waals surface area contributed by atoms with E-state index in [9.17, 15) is 4.79 Å². The number of rotatable bonds is 0. The number of carbonyl (C=O) groups is 1. The first kappa shape index (κ1) is 6.71. The summed E-state index contributed by atoms with van der Waals surface area (Å²) in [6.45, 7) is 0. The van der Waals surface area contributed by atoms with Crippen LogP contribution in [0.3, 0.4) is 0 Å². The van der Waals surface area contributed by atoms with Crippen molar-refractivity contribution in [2.24, 2.45) is 5.10 Å². The van der Waals surface area contributed by atoms with Crippen molar-refractivity contribution in [3.8, 4) is 0 Å². The van der Waals surface area contributed by atoms with Gasteiger partial charge in [-0.3, -0.25) is 4.79 Å². The van der Waals surface area contributed by atoms with Gasteiger partial charge in [-0.1, -0.05) is 0 Å². The van der Waals surface area contributed by atoms with E-state index < -0.39 is 0 Å². The number of carbonyl (C=O) groups excluding carboxylic acids is 1. The van der Waals surface area contributed by atoms with Crippen LogP contribution in [0, 0.1) is 0 Å². The summed E-state index contributed by atoms with van der Waals surface area (Å²) in [5, 5.41) is 3.74. The van der Waals surface area contributed by atoms with Gasteiger partial charge in [-0.05, 0) is 0 Å². The van der Waals surface area contributed by atoms with Crippen molar-refractivity contribution in [3.63, 3.8) is 0 Å². The van der Waals surface area contributed by atoms with Gasteiger partial charge in [0, 0.05) is 12.5 Å². The predicted octanol–water partition coefficient (Wildman–Crippen LogP) is 0.0838. The lowest BCUT2D eigenvalue weighted by Crippen LogP contribution is -2.47. The normalized spacial score (nSPS) is 24.2. The van der Waals surface area contributed by atoms with Crippen LogP contribution in [0.15, 0.2) is 21.8 Å². The van der Waals surface area contributed by atoms with Gasteiger partial charge in [-0.25, -0.2) is 5.43 Å². The lowest BCUT2D eigenvalue weighted by atomic mass is 10.2. The Labute approximate surface area is 74.0 Å². The lowest BCUT2D eigenvalue weighted by molar-refractivity contribution is -0.122. The number of anilines is 1. The molecule has 1 aromatic heterocycles. The molecule has 1 atom stereocenters. The molecule has 3 rings (SSSR count). The number of furan rings is 1. The highest BCUT2D eigenvalue weighted by Crippen LogP contribution is 2.32. The fourth-order valence-electron chi connectivity index (χ4n) is 1.75. The molecule has 2 aliphatic heterocycles. The number of hydrazone groups is 1. The van der Waals surface area contributed by atoms with Crippen molar-refractivity contribution in [1.82, 2.24) is 5.43 Å². The summed E-state index contributed by atoms with van der Waals surface area (Å²) in [5.41, 5.74) is 3.37. The van der Waals surface area contributed by atoms with Gasteiger partial charge in [0.15, 0.2) is 0 Å². The topological polar surface area (TPSA) is 57.8 Å². The fourth-order valence-corrected chi connectivity index (χ4v) is 1.75. The molecule has 0 bridgehead atoms. The minimum atomic E-state index is -0.174. The molecule has 0 spiro atoms. The van der Waals surface area contributed by atoms with Gasteiger partial charge in [0.2, 0.25) is 0 Å². The van der Waals surface area contributed by atoms with Gasteiger partial charge in [0.25, 0.3) is 5.91 Å². The third-order valence-electron chi connectivity index (χ3n) is 2.37. The van der Waals surface area contributed by atoms with Gasteiger partial charge in [-0.15, -0.1) is 0 Å². The highest BCUT2D eigenvalue weighted by molar-refractivity contribution is 5.99. The molecule has 2 aliphatic rings. The Morgan fingerprint density at radius 3 is 3.54 bits per heavy atom. The summed E-state index contributed by atoms with van der Waals surface area (Å²) in [6, 6.07) is 1.67. The minimum absolute atomic E-state index is 0.0751. The first-order chi connectivity index (χ1) is 6.36. The molecule has 1 N–H and O–H groups in total. The molecule has 66 valence electrons. The fraction of sp³-hybridized carbons (Fsp3) is 0.250. The van der Waals surface area contributed by atoms with Crippen LogP contribution in [0.5, 0.6) is 0 Å². The Bertz CT molecular complexity index is 396. The van der Waals surface area contributed by atoms with E-state index in [2.05, 4.69) is 10.5 Å². The Kier molecular flexibility index (Phi) is 1.10. The van der Waals surface area contributed by atoms with E-state index in [1.807, 2.05) is 11.0 Å². The average molecular weight is 177 g/mol. The number of nitrogens with zero attached hydrogens (tertiary/aromatic N) is 2. The maximum Gasteiger partial charge on any atom is 0.263 e. The van der Waals surface area contributed by atoms with Crippen LogP contribution in [0.2, 0.25) is 0 Å². The summed E-state index contributed by atoms with van der Waals surface area (Å²) in [6.07, 6.45) is 3.87.